The molecule has 1 atom stereocenters. The van der Waals surface area contributed by atoms with Crippen LogP contribution in [0.3, 0.4) is 0 Å². The molecule has 1 aromatic heterocycles. The monoisotopic (exact) mass is 272 g/mol. The van der Waals surface area contributed by atoms with Crippen molar-refractivity contribution >= 4 is 27.6 Å². The lowest BCUT2D eigenvalue weighted by atomic mass is 10.0. The lowest BCUT2D eigenvalue weighted by Gasteiger charge is -2.18. The summed E-state index contributed by atoms with van der Waals surface area (Å²) in [6.07, 6.45) is 3.25. The summed E-state index contributed by atoms with van der Waals surface area (Å²) in [5, 5.41) is 11.9. The molecule has 0 amide bonds. The van der Waals surface area contributed by atoms with Crippen molar-refractivity contribution in [3.05, 3.63) is 22.9 Å². The van der Waals surface area contributed by atoms with Crippen molar-refractivity contribution in [2.45, 2.75) is 19.9 Å². The molecule has 0 spiro atoms. The van der Waals surface area contributed by atoms with Crippen LogP contribution in [0.5, 0.6) is 0 Å². The molecule has 1 unspecified atom stereocenters. The highest BCUT2D eigenvalue weighted by Gasteiger charge is 2.20. The van der Waals surface area contributed by atoms with Gasteiger partial charge in [0.25, 0.3) is 0 Å². The maximum Gasteiger partial charge on any atom is 0.326 e. The number of halogens is 1. The van der Waals surface area contributed by atoms with Gasteiger partial charge >= 0.3 is 5.97 Å². The number of anilines is 1. The van der Waals surface area contributed by atoms with Crippen LogP contribution < -0.4 is 5.32 Å². The molecule has 5 heteroatoms. The first-order chi connectivity index (χ1) is 7.00. The SMILES string of the molecule is CC(C)C(Nc1cncc(Br)c1)C(=O)O. The van der Waals surface area contributed by atoms with Gasteiger partial charge in [-0.05, 0) is 27.9 Å². The molecular weight excluding hydrogens is 260 g/mol. The predicted octanol–water partition coefficient (Wildman–Crippen LogP) is 2.37. The fraction of sp³-hybridized carbons (Fsp3) is 0.400. The summed E-state index contributed by atoms with van der Waals surface area (Å²) < 4.78 is 0.820. The average molecular weight is 273 g/mol. The van der Waals surface area contributed by atoms with Crippen LogP contribution in [0.15, 0.2) is 22.9 Å². The van der Waals surface area contributed by atoms with Gasteiger partial charge in [-0.25, -0.2) is 4.79 Å². The summed E-state index contributed by atoms with van der Waals surface area (Å²) in [7, 11) is 0. The van der Waals surface area contributed by atoms with E-state index in [4.69, 9.17) is 5.11 Å². The van der Waals surface area contributed by atoms with Crippen molar-refractivity contribution in [1.29, 1.82) is 0 Å². The van der Waals surface area contributed by atoms with Gasteiger partial charge in [-0.3, -0.25) is 4.98 Å². The van der Waals surface area contributed by atoms with E-state index in [0.29, 0.717) is 5.69 Å². The Balaban J connectivity index is 2.79. The van der Waals surface area contributed by atoms with Gasteiger partial charge < -0.3 is 10.4 Å². The normalized spacial score (nSPS) is 12.5. The van der Waals surface area contributed by atoms with Gasteiger partial charge in [-0.2, -0.15) is 0 Å². The number of pyridine rings is 1. The summed E-state index contributed by atoms with van der Waals surface area (Å²) >= 11 is 3.28. The molecule has 0 aliphatic heterocycles. The van der Waals surface area contributed by atoms with Crippen LogP contribution >= 0.6 is 15.9 Å². The van der Waals surface area contributed by atoms with Crippen molar-refractivity contribution in [3.8, 4) is 0 Å². The third-order valence-corrected chi connectivity index (χ3v) is 2.39. The Morgan fingerprint density at radius 3 is 2.67 bits per heavy atom. The Bertz CT molecular complexity index is 355. The quantitative estimate of drug-likeness (QED) is 0.884. The van der Waals surface area contributed by atoms with Crippen LogP contribution in [0.4, 0.5) is 5.69 Å². The Hall–Kier alpha value is -1.10. The maximum absolute atomic E-state index is 10.9. The van der Waals surface area contributed by atoms with Crippen molar-refractivity contribution in [2.75, 3.05) is 5.32 Å². The molecule has 0 aliphatic rings. The molecule has 1 aromatic rings. The third kappa shape index (κ3) is 3.51. The topological polar surface area (TPSA) is 62.2 Å². The van der Waals surface area contributed by atoms with E-state index in [1.807, 2.05) is 13.8 Å². The van der Waals surface area contributed by atoms with E-state index in [1.54, 1.807) is 18.5 Å². The highest BCUT2D eigenvalue weighted by molar-refractivity contribution is 9.10. The third-order valence-electron chi connectivity index (χ3n) is 1.96. The van der Waals surface area contributed by atoms with Crippen LogP contribution in [0.2, 0.25) is 0 Å². The standard InChI is InChI=1S/C10H13BrN2O2/c1-6(2)9(10(14)15)13-8-3-7(11)4-12-5-8/h3-6,9,13H,1-2H3,(H,14,15). The molecule has 0 fully saturated rings. The van der Waals surface area contributed by atoms with E-state index >= 15 is 0 Å². The van der Waals surface area contributed by atoms with Gasteiger partial charge in [-0.15, -0.1) is 0 Å². The molecule has 2 N–H and O–H groups in total. The number of nitrogens with one attached hydrogen (secondary N) is 1. The van der Waals surface area contributed by atoms with E-state index < -0.39 is 12.0 Å². The summed E-state index contributed by atoms with van der Waals surface area (Å²) in [5.74, 6) is -0.841. The zero-order valence-corrected chi connectivity index (χ0v) is 10.2. The second kappa shape index (κ2) is 5.11. The number of hydrogen-bond donors (Lipinski definition) is 2. The van der Waals surface area contributed by atoms with Crippen molar-refractivity contribution in [3.63, 3.8) is 0 Å². The minimum Gasteiger partial charge on any atom is -0.480 e. The van der Waals surface area contributed by atoms with E-state index in [0.717, 1.165) is 4.47 Å². The molecule has 0 saturated heterocycles. The number of aromatic nitrogens is 1. The average Bonchev–Trinajstić information content (AvgIpc) is 2.13. The van der Waals surface area contributed by atoms with Crippen LogP contribution in [-0.2, 0) is 4.79 Å². The second-order valence-corrected chi connectivity index (χ2v) is 4.51. The Kier molecular flexibility index (Phi) is 4.08. The summed E-state index contributed by atoms with van der Waals surface area (Å²) in [6.45, 7) is 3.72. The van der Waals surface area contributed by atoms with E-state index in [2.05, 4.69) is 26.2 Å². The zero-order valence-electron chi connectivity index (χ0n) is 8.57. The number of carboxylic acid groups (broad SMARTS) is 1. The number of carbonyl (C=O) groups is 1. The van der Waals surface area contributed by atoms with Crippen molar-refractivity contribution < 1.29 is 9.90 Å². The number of carboxylic acids is 1. The van der Waals surface area contributed by atoms with E-state index in [9.17, 15) is 4.79 Å². The fourth-order valence-electron chi connectivity index (χ4n) is 1.18. The fourth-order valence-corrected chi connectivity index (χ4v) is 1.55. The first kappa shape index (κ1) is 12.0. The number of rotatable bonds is 4. The number of nitrogens with zero attached hydrogens (tertiary/aromatic N) is 1. The highest BCUT2D eigenvalue weighted by atomic mass is 79.9. The molecule has 0 saturated carbocycles. The Labute approximate surface area is 96.8 Å². The van der Waals surface area contributed by atoms with Crippen LogP contribution in [0, 0.1) is 5.92 Å². The van der Waals surface area contributed by atoms with Crippen molar-refractivity contribution in [1.82, 2.24) is 4.98 Å². The smallest absolute Gasteiger partial charge is 0.326 e. The van der Waals surface area contributed by atoms with E-state index in [1.165, 1.54) is 0 Å². The number of hydrogen-bond acceptors (Lipinski definition) is 3. The van der Waals surface area contributed by atoms with Crippen LogP contribution in [0.25, 0.3) is 0 Å². The van der Waals surface area contributed by atoms with Gasteiger partial charge in [-0.1, -0.05) is 13.8 Å². The predicted molar refractivity (Wildman–Crippen MR) is 61.8 cm³/mol. The van der Waals surface area contributed by atoms with E-state index in [-0.39, 0.29) is 5.92 Å². The molecule has 82 valence electrons. The zero-order chi connectivity index (χ0) is 11.4. The van der Waals surface area contributed by atoms with Crippen molar-refractivity contribution in [2.24, 2.45) is 5.92 Å². The molecule has 0 bridgehead atoms. The summed E-state index contributed by atoms with van der Waals surface area (Å²) in [4.78, 5) is 14.9. The van der Waals surface area contributed by atoms with Gasteiger partial charge in [0.1, 0.15) is 6.04 Å². The maximum atomic E-state index is 10.9. The lowest BCUT2D eigenvalue weighted by molar-refractivity contribution is -0.138. The van der Waals surface area contributed by atoms with Crippen LogP contribution in [0.1, 0.15) is 13.8 Å². The van der Waals surface area contributed by atoms with Gasteiger partial charge in [0.15, 0.2) is 0 Å². The number of aliphatic carboxylic acids is 1. The molecule has 1 rings (SSSR count). The molecule has 0 aromatic carbocycles. The van der Waals surface area contributed by atoms with Crippen LogP contribution in [-0.4, -0.2) is 22.1 Å². The molecule has 0 radical (unpaired) electrons. The summed E-state index contributed by atoms with van der Waals surface area (Å²) in [6, 6.07) is 1.20. The minimum atomic E-state index is -0.857. The molecule has 15 heavy (non-hydrogen) atoms. The van der Waals surface area contributed by atoms with Gasteiger partial charge in [0.2, 0.25) is 0 Å². The highest BCUT2D eigenvalue weighted by Crippen LogP contribution is 2.16. The first-order valence-electron chi connectivity index (χ1n) is 4.60. The first-order valence-corrected chi connectivity index (χ1v) is 5.40. The molecule has 0 aliphatic carbocycles. The van der Waals surface area contributed by atoms with Gasteiger partial charge in [0.05, 0.1) is 11.9 Å². The Morgan fingerprint density at radius 1 is 1.53 bits per heavy atom. The summed E-state index contributed by atoms with van der Waals surface area (Å²) in [5.41, 5.74) is 0.700. The molecule has 4 nitrogen and oxygen atoms in total. The minimum absolute atomic E-state index is 0.0153. The van der Waals surface area contributed by atoms with Gasteiger partial charge in [0, 0.05) is 10.7 Å². The lowest BCUT2D eigenvalue weighted by Crippen LogP contribution is -2.34. The molecular formula is C10H13BrN2O2. The largest absolute Gasteiger partial charge is 0.480 e. The second-order valence-electron chi connectivity index (χ2n) is 3.60. The Morgan fingerprint density at radius 2 is 2.20 bits per heavy atom. The molecule has 1 heterocycles.